The minimum atomic E-state index is -4.09. The SMILES string of the molecule is CC[C@H]1[C@@H](O)C2C3CCC([C@H](C)CCC(=O)NCCP(=O)(O)O)[C@@]3(C)CCC2[C@@]2(C)CC[C@@H](O)C[C@@H]12.CC[C@H]1[C@@H](O)C2C3CCC([C@H](C)CCC(=O)O)[C@@]3(C)CCC2[C@@]2(C)CC[C@@H](O)C[C@@H]12.CC[C@H]1[C@@H](O)C2C3CCC([C@H](C)CCC(=O)ON4C(=O)CCC4=O)[C@@]3(C)CCC2[C@@]2(C)CC[C@@H](O)C[C@@H]12.NCCP(=O)(O)O. The first-order valence-corrected chi connectivity index (χ1v) is 47.5. The highest BCUT2D eigenvalue weighted by atomic mass is 31.2. The summed E-state index contributed by atoms with van der Waals surface area (Å²) in [6.45, 7) is 28.2. The lowest BCUT2D eigenvalue weighted by Crippen LogP contribution is -2.62. The maximum absolute atomic E-state index is 12.4. The highest BCUT2D eigenvalue weighted by Crippen LogP contribution is 2.74. The summed E-state index contributed by atoms with van der Waals surface area (Å²) in [5.74, 6) is 6.79. The molecule has 110 heavy (non-hydrogen) atoms. The Bertz CT molecular complexity index is 3250. The predicted molar refractivity (Wildman–Crippen MR) is 421 cm³/mol. The van der Waals surface area contributed by atoms with Gasteiger partial charge in [-0.25, -0.2) is 4.79 Å². The highest BCUT2D eigenvalue weighted by molar-refractivity contribution is 7.52. The number of nitrogens with zero attached hydrogens (tertiary/aromatic N) is 1. The number of hydrogen-bond donors (Lipinski definition) is 13. The summed E-state index contributed by atoms with van der Waals surface area (Å²) >= 11 is 0. The number of carboxylic acids is 1. The number of imide groups is 1. The monoisotopic (exact) mass is 1590 g/mol. The van der Waals surface area contributed by atoms with E-state index >= 15 is 0 Å². The van der Waals surface area contributed by atoms with Crippen LogP contribution in [0.4, 0.5) is 0 Å². The van der Waals surface area contributed by atoms with Crippen LogP contribution < -0.4 is 11.1 Å². The smallest absolute Gasteiger partial charge is 0.333 e. The lowest BCUT2D eigenvalue weighted by atomic mass is 9.41. The molecule has 0 bridgehead atoms. The Balaban J connectivity index is 0.000000169. The Morgan fingerprint density at radius 1 is 0.464 bits per heavy atom. The third-order valence-corrected chi connectivity index (χ3v) is 36.9. The number of aliphatic carboxylic acids is 1. The molecule has 24 heteroatoms. The number of carbonyl (C=O) groups is 5. The number of aliphatic hydroxyl groups is 6. The van der Waals surface area contributed by atoms with Crippen LogP contribution in [0.1, 0.15) is 289 Å². The van der Waals surface area contributed by atoms with Gasteiger partial charge in [0, 0.05) is 45.2 Å². The molecule has 1 heterocycles. The summed E-state index contributed by atoms with van der Waals surface area (Å²) < 4.78 is 20.9. The average Bonchev–Trinajstić information content (AvgIpc) is 1.33. The van der Waals surface area contributed by atoms with Gasteiger partial charge in [-0.3, -0.25) is 28.3 Å². The van der Waals surface area contributed by atoms with Crippen LogP contribution in [0.5, 0.6) is 0 Å². The van der Waals surface area contributed by atoms with Gasteiger partial charge in [0.15, 0.2) is 0 Å². The quantitative estimate of drug-likeness (QED) is 0.0375. The largest absolute Gasteiger partial charge is 0.481 e. The molecule has 13 fully saturated rings. The van der Waals surface area contributed by atoms with Gasteiger partial charge in [-0.1, -0.05) is 102 Å². The Kier molecular flexibility index (Phi) is 29.1. The molecule has 0 aromatic heterocycles. The number of hydroxylamine groups is 2. The van der Waals surface area contributed by atoms with Gasteiger partial charge < -0.3 is 71.2 Å². The predicted octanol–water partition coefficient (Wildman–Crippen LogP) is 13.2. The molecule has 0 aromatic carbocycles. The van der Waals surface area contributed by atoms with E-state index in [1.807, 2.05) is 0 Å². The maximum Gasteiger partial charge on any atom is 0.333 e. The van der Waals surface area contributed by atoms with Crippen LogP contribution in [0.25, 0.3) is 0 Å². The second kappa shape index (κ2) is 35.6. The Morgan fingerprint density at radius 2 is 0.773 bits per heavy atom. The standard InChI is InChI=1S/C30H47NO6.C28H50NO6P.C26H44O4.C2H8NO3P/c1-5-19-23-16-18(32)12-14-30(23,4)22-13-15-29(3)20(7-8-21(29)27(22)28(19)36)17(2)6-11-26(35)37-31-24(33)9-10-25(31)34;1-5-19-23-16-18(30)10-12-28(23,4)22-11-13-27(3)20(7-8-21(27)25(22)26(19)32)17(2)6-9-24(31)29-14-15-36(33,34)35;1-5-17-21-14-16(27)10-12-26(21,4)20-11-13-25(3)18(15(2)6-9-22(28)29)7-8-19(25)23(20)24(17)30;3-1-2-7(4,5)6/h17-23,27-28,32,36H,5-16H2,1-4H3;17-23,25-26,30,32H,5-16H2,1-4H3,(H,29,31)(H2,33,34,35);15-21,23-24,27,30H,5-14H2,1-4H3,(H,28,29);1-3H2,(H2,4,5,6)/t17-,18-,19-,20?,21?,22?,23+,27?,28-,29-,30-;17-,18-,19-,20?,21?,22?,23+,25?,26-,27-,28-;15-,16-,17-,18?,19?,20?,21+,23?,24-,25-,26-;/m111./s1. The number of carboxylic acid groups (broad SMARTS) is 1. The number of nitrogens with one attached hydrogen (secondary N) is 1. The number of nitrogens with two attached hydrogens (primary N) is 1. The van der Waals surface area contributed by atoms with Crippen molar-refractivity contribution in [3.63, 3.8) is 0 Å². The fourth-order valence-corrected chi connectivity index (χ4v) is 30.6. The number of amides is 3. The van der Waals surface area contributed by atoms with Gasteiger partial charge in [-0.05, 0) is 311 Å². The number of hydrogen-bond acceptors (Lipinski definition) is 15. The third-order valence-electron chi connectivity index (χ3n) is 35.2. The van der Waals surface area contributed by atoms with Crippen molar-refractivity contribution < 1.29 is 93.3 Å². The van der Waals surface area contributed by atoms with Crippen LogP contribution in [0.15, 0.2) is 0 Å². The Labute approximate surface area is 658 Å². The zero-order chi connectivity index (χ0) is 80.9. The fraction of sp³-hybridized carbons (Fsp3) is 0.942. The van der Waals surface area contributed by atoms with Crippen LogP contribution in [0.3, 0.4) is 0 Å². The second-order valence-corrected chi connectivity index (χ2v) is 43.8. The summed E-state index contributed by atoms with van der Waals surface area (Å²) in [5.41, 5.74) is 6.02. The third kappa shape index (κ3) is 18.0. The number of aliphatic hydroxyl groups excluding tert-OH is 6. The molecule has 0 radical (unpaired) electrons. The molecule has 632 valence electrons. The number of carbonyl (C=O) groups excluding carboxylic acids is 4. The van der Waals surface area contributed by atoms with Gasteiger partial charge in [0.05, 0.1) is 48.9 Å². The molecule has 13 aliphatic rings. The zero-order valence-corrected chi connectivity index (χ0v) is 70.9. The van der Waals surface area contributed by atoms with Crippen LogP contribution in [-0.4, -0.2) is 152 Å². The molecule has 12 unspecified atom stereocenters. The van der Waals surface area contributed by atoms with E-state index in [0.717, 1.165) is 135 Å². The van der Waals surface area contributed by atoms with Crippen LogP contribution >= 0.6 is 15.2 Å². The van der Waals surface area contributed by atoms with Gasteiger partial charge in [0.2, 0.25) is 5.91 Å². The molecule has 33 atom stereocenters. The van der Waals surface area contributed by atoms with Gasteiger partial charge in [0.1, 0.15) is 0 Å². The van der Waals surface area contributed by atoms with Crippen molar-refractivity contribution in [2.45, 2.75) is 325 Å². The molecule has 1 saturated heterocycles. The number of fused-ring (bicyclic) bond motifs is 15. The first-order chi connectivity index (χ1) is 51.5. The first-order valence-electron chi connectivity index (χ1n) is 43.9. The Hall–Kier alpha value is -2.43. The second-order valence-electron chi connectivity index (χ2n) is 40.3. The minimum absolute atomic E-state index is 0.0110. The number of rotatable bonds is 21. The van der Waals surface area contributed by atoms with E-state index in [9.17, 15) is 63.7 Å². The van der Waals surface area contributed by atoms with Crippen molar-refractivity contribution in [3.8, 4) is 0 Å². The van der Waals surface area contributed by atoms with E-state index in [-0.39, 0.29) is 138 Å². The molecule has 22 nitrogen and oxygen atoms in total. The average molecular weight is 1590 g/mol. The van der Waals surface area contributed by atoms with Crippen LogP contribution in [-0.2, 0) is 37.9 Å². The minimum Gasteiger partial charge on any atom is -0.481 e. The van der Waals surface area contributed by atoms with Crippen molar-refractivity contribution in [2.75, 3.05) is 25.4 Å². The van der Waals surface area contributed by atoms with E-state index in [0.29, 0.717) is 130 Å². The Morgan fingerprint density at radius 3 is 1.07 bits per heavy atom. The summed E-state index contributed by atoms with van der Waals surface area (Å²) in [7, 11) is -7.88. The topological polar surface area (TPSA) is 393 Å². The van der Waals surface area contributed by atoms with Crippen LogP contribution in [0, 0.1) is 157 Å². The molecule has 0 spiro atoms. The fourth-order valence-electron chi connectivity index (χ4n) is 29.9. The summed E-state index contributed by atoms with van der Waals surface area (Å²) in [6.07, 6.45) is 26.6. The van der Waals surface area contributed by atoms with E-state index in [1.54, 1.807) is 0 Å². The maximum atomic E-state index is 12.4. The molecule has 0 aromatic rings. The van der Waals surface area contributed by atoms with E-state index < -0.39 is 38.9 Å². The molecule has 1 aliphatic heterocycles. The van der Waals surface area contributed by atoms with Crippen molar-refractivity contribution in [1.29, 1.82) is 0 Å². The van der Waals surface area contributed by atoms with Crippen molar-refractivity contribution >= 4 is 44.9 Å². The molecule has 14 N–H and O–H groups in total. The normalized spacial score (nSPS) is 45.2. The molecule has 3 amide bonds. The summed E-state index contributed by atoms with van der Waals surface area (Å²) in [5, 5.41) is 79.2. The molecule has 12 aliphatic carbocycles. The van der Waals surface area contributed by atoms with E-state index in [4.69, 9.17) is 35.3 Å². The van der Waals surface area contributed by atoms with E-state index in [2.05, 4.69) is 88.4 Å². The van der Waals surface area contributed by atoms with Crippen molar-refractivity contribution in [2.24, 2.45) is 162 Å². The van der Waals surface area contributed by atoms with Gasteiger partial charge >= 0.3 is 27.1 Å². The molecular formula is C86H149N3O19P2. The molecular weight excluding hydrogens is 1440 g/mol. The van der Waals surface area contributed by atoms with Gasteiger partial charge in [0.25, 0.3) is 11.8 Å². The van der Waals surface area contributed by atoms with E-state index in [1.165, 1.54) is 32.1 Å². The van der Waals surface area contributed by atoms with Gasteiger partial charge in [-0.2, -0.15) is 0 Å². The first kappa shape index (κ1) is 89.9. The van der Waals surface area contributed by atoms with Gasteiger partial charge in [-0.15, -0.1) is 5.06 Å². The van der Waals surface area contributed by atoms with Crippen molar-refractivity contribution in [1.82, 2.24) is 10.4 Å². The lowest BCUT2D eigenvalue weighted by Gasteiger charge is -2.64. The summed E-state index contributed by atoms with van der Waals surface area (Å²) in [6, 6.07) is 0. The summed E-state index contributed by atoms with van der Waals surface area (Å²) in [4.78, 5) is 98.6. The zero-order valence-electron chi connectivity index (χ0n) is 69.1. The highest BCUT2D eigenvalue weighted by Gasteiger charge is 2.69. The molecule has 13 rings (SSSR count). The van der Waals surface area contributed by atoms with Crippen LogP contribution in [0.2, 0.25) is 0 Å². The lowest BCUT2D eigenvalue weighted by molar-refractivity contribution is -0.203. The van der Waals surface area contributed by atoms with Crippen molar-refractivity contribution in [3.05, 3.63) is 0 Å². The molecule has 12 saturated carbocycles.